The lowest BCUT2D eigenvalue weighted by atomic mass is 10.0. The van der Waals surface area contributed by atoms with Gasteiger partial charge in [-0.2, -0.15) is 0 Å². The molecule has 43 heavy (non-hydrogen) atoms. The second-order valence-electron chi connectivity index (χ2n) is 10.5. The molecule has 1 aliphatic heterocycles. The highest BCUT2D eigenvalue weighted by atomic mass is 32.2. The fourth-order valence-corrected chi connectivity index (χ4v) is 7.01. The molecule has 0 radical (unpaired) electrons. The number of hydrogen-bond donors (Lipinski definition) is 5. The van der Waals surface area contributed by atoms with Gasteiger partial charge in [0.2, 0.25) is 5.91 Å². The van der Waals surface area contributed by atoms with E-state index in [1.165, 1.54) is 12.1 Å². The highest BCUT2D eigenvalue weighted by Gasteiger charge is 2.40. The van der Waals surface area contributed by atoms with Gasteiger partial charge in [0.05, 0.1) is 21.9 Å². The van der Waals surface area contributed by atoms with Crippen LogP contribution in [0.5, 0.6) is 0 Å². The summed E-state index contributed by atoms with van der Waals surface area (Å²) in [5.41, 5.74) is 2.31. The molecule has 0 spiro atoms. The van der Waals surface area contributed by atoms with Crippen molar-refractivity contribution in [1.29, 1.82) is 0 Å². The SMILES string of the molecule is Cc1ccccc1NC(=O)Nc1ccccc1S(=O)(=O)C1CN[C@H](C(=O)N[C@@H](Cc2ccc3ccccc3c2)C(=O)O)C1. The van der Waals surface area contributed by atoms with Crippen LogP contribution >= 0.6 is 0 Å². The largest absolute Gasteiger partial charge is 0.480 e. The highest BCUT2D eigenvalue weighted by Crippen LogP contribution is 2.29. The minimum atomic E-state index is -3.98. The summed E-state index contributed by atoms with van der Waals surface area (Å²) in [7, 11) is -3.98. The number of hydrogen-bond acceptors (Lipinski definition) is 6. The second-order valence-corrected chi connectivity index (χ2v) is 12.7. The van der Waals surface area contributed by atoms with Crippen molar-refractivity contribution in [1.82, 2.24) is 10.6 Å². The van der Waals surface area contributed by atoms with Crippen LogP contribution in [0.2, 0.25) is 0 Å². The molecule has 0 bridgehead atoms. The number of rotatable bonds is 9. The summed E-state index contributed by atoms with van der Waals surface area (Å²) in [6.45, 7) is 1.84. The summed E-state index contributed by atoms with van der Waals surface area (Å²) in [6, 6.07) is 23.9. The number of amides is 3. The van der Waals surface area contributed by atoms with Crippen LogP contribution in [0.3, 0.4) is 0 Å². The van der Waals surface area contributed by atoms with Crippen LogP contribution in [0.4, 0.5) is 16.2 Å². The van der Waals surface area contributed by atoms with Crippen molar-refractivity contribution >= 4 is 49.9 Å². The maximum absolute atomic E-state index is 13.7. The van der Waals surface area contributed by atoms with Crippen LogP contribution in [0.1, 0.15) is 17.5 Å². The van der Waals surface area contributed by atoms with E-state index in [1.54, 1.807) is 24.3 Å². The molecular weight excluding hydrogens is 568 g/mol. The summed E-state index contributed by atoms with van der Waals surface area (Å²) in [5.74, 6) is -1.78. The van der Waals surface area contributed by atoms with E-state index in [0.29, 0.717) is 5.69 Å². The molecule has 3 atom stereocenters. The fraction of sp³-hybridized carbons (Fsp3) is 0.219. The number of aryl methyl sites for hydroxylation is 1. The fourth-order valence-electron chi connectivity index (χ4n) is 5.20. The third-order valence-corrected chi connectivity index (χ3v) is 9.76. The monoisotopic (exact) mass is 600 g/mol. The predicted octanol–water partition coefficient (Wildman–Crippen LogP) is 4.11. The Morgan fingerprint density at radius 1 is 0.884 bits per heavy atom. The molecule has 1 aliphatic rings. The van der Waals surface area contributed by atoms with E-state index in [1.807, 2.05) is 61.5 Å². The summed E-state index contributed by atoms with van der Waals surface area (Å²) in [6.07, 6.45) is 0.0180. The van der Waals surface area contributed by atoms with Crippen LogP contribution in [0.15, 0.2) is 95.9 Å². The topological polar surface area (TPSA) is 154 Å². The highest BCUT2D eigenvalue weighted by molar-refractivity contribution is 7.92. The lowest BCUT2D eigenvalue weighted by molar-refractivity contribution is -0.142. The number of carboxylic acid groups (broad SMARTS) is 1. The molecule has 0 aliphatic carbocycles. The summed E-state index contributed by atoms with van der Waals surface area (Å²) in [5, 5.41) is 21.7. The number of carboxylic acids is 1. The van der Waals surface area contributed by atoms with Crippen molar-refractivity contribution in [2.75, 3.05) is 17.2 Å². The van der Waals surface area contributed by atoms with Gasteiger partial charge in [-0.25, -0.2) is 18.0 Å². The smallest absolute Gasteiger partial charge is 0.326 e. The molecule has 4 aromatic carbocycles. The molecular formula is C32H32N4O6S. The third kappa shape index (κ3) is 6.85. The second kappa shape index (κ2) is 12.6. The van der Waals surface area contributed by atoms with Gasteiger partial charge >= 0.3 is 12.0 Å². The number of sulfone groups is 1. The summed E-state index contributed by atoms with van der Waals surface area (Å²) >= 11 is 0. The molecule has 1 saturated heterocycles. The van der Waals surface area contributed by atoms with Gasteiger partial charge < -0.3 is 26.4 Å². The zero-order valence-electron chi connectivity index (χ0n) is 23.4. The van der Waals surface area contributed by atoms with E-state index in [9.17, 15) is 27.9 Å². The summed E-state index contributed by atoms with van der Waals surface area (Å²) < 4.78 is 27.3. The number of para-hydroxylation sites is 2. The van der Waals surface area contributed by atoms with Gasteiger partial charge in [0, 0.05) is 18.7 Å². The zero-order chi connectivity index (χ0) is 30.6. The van der Waals surface area contributed by atoms with Gasteiger partial charge in [0.15, 0.2) is 9.84 Å². The number of benzene rings is 4. The first kappa shape index (κ1) is 29.7. The Kier molecular flexibility index (Phi) is 8.74. The van der Waals surface area contributed by atoms with Gasteiger partial charge in [-0.1, -0.05) is 72.8 Å². The molecule has 4 aromatic rings. The van der Waals surface area contributed by atoms with Crippen LogP contribution in [0, 0.1) is 6.92 Å². The minimum Gasteiger partial charge on any atom is -0.480 e. The summed E-state index contributed by atoms with van der Waals surface area (Å²) in [4.78, 5) is 37.7. The average molecular weight is 601 g/mol. The van der Waals surface area contributed by atoms with Crippen LogP contribution in [-0.4, -0.2) is 55.3 Å². The number of aliphatic carboxylic acids is 1. The quantitative estimate of drug-likeness (QED) is 0.194. The number of carbonyl (C=O) groups is 3. The maximum atomic E-state index is 13.7. The molecule has 3 amide bonds. The molecule has 222 valence electrons. The first-order valence-corrected chi connectivity index (χ1v) is 15.4. The zero-order valence-corrected chi connectivity index (χ0v) is 24.2. The Bertz CT molecular complexity index is 1790. The molecule has 0 aromatic heterocycles. The predicted molar refractivity (Wildman–Crippen MR) is 165 cm³/mol. The van der Waals surface area contributed by atoms with E-state index in [0.717, 1.165) is 21.9 Å². The molecule has 11 heteroatoms. The number of carbonyl (C=O) groups excluding carboxylic acids is 2. The first-order valence-electron chi connectivity index (χ1n) is 13.8. The average Bonchev–Trinajstić information content (AvgIpc) is 3.50. The number of urea groups is 1. The maximum Gasteiger partial charge on any atom is 0.326 e. The van der Waals surface area contributed by atoms with E-state index in [-0.39, 0.29) is 30.0 Å². The Balaban J connectivity index is 1.24. The van der Waals surface area contributed by atoms with Crippen molar-refractivity contribution in [2.45, 2.75) is 42.0 Å². The van der Waals surface area contributed by atoms with Crippen molar-refractivity contribution < 1.29 is 27.9 Å². The van der Waals surface area contributed by atoms with Gasteiger partial charge in [0.25, 0.3) is 0 Å². The lowest BCUT2D eigenvalue weighted by Crippen LogP contribution is -2.49. The molecule has 1 heterocycles. The first-order chi connectivity index (χ1) is 20.6. The van der Waals surface area contributed by atoms with Crippen LogP contribution in [0.25, 0.3) is 10.8 Å². The Hall–Kier alpha value is -4.74. The van der Waals surface area contributed by atoms with E-state index < -0.39 is 45.1 Å². The van der Waals surface area contributed by atoms with Crippen molar-refractivity contribution in [3.63, 3.8) is 0 Å². The van der Waals surface area contributed by atoms with Crippen molar-refractivity contribution in [3.05, 3.63) is 102 Å². The van der Waals surface area contributed by atoms with E-state index in [2.05, 4.69) is 21.3 Å². The van der Waals surface area contributed by atoms with Crippen LogP contribution in [-0.2, 0) is 25.8 Å². The standard InChI is InChI=1S/C32H32N4O6S/c1-20-8-2-5-11-25(20)35-32(40)36-26-12-6-7-13-29(26)43(41,42)24-18-27(33-19-24)30(37)34-28(31(38)39)17-21-14-15-22-9-3-4-10-23(22)16-21/h2-16,24,27-28,33H,17-19H2,1H3,(H,34,37)(H,38,39)(H2,35,36,40)/t24?,27-,28-/m0/s1. The molecule has 10 nitrogen and oxygen atoms in total. The number of fused-ring (bicyclic) bond motifs is 1. The van der Waals surface area contributed by atoms with Crippen molar-refractivity contribution in [3.8, 4) is 0 Å². The normalized spacial score (nSPS) is 17.2. The molecule has 1 unspecified atom stereocenters. The van der Waals surface area contributed by atoms with Gasteiger partial charge in [0.1, 0.15) is 6.04 Å². The van der Waals surface area contributed by atoms with E-state index >= 15 is 0 Å². The third-order valence-electron chi connectivity index (χ3n) is 7.55. The minimum absolute atomic E-state index is 0.00737. The molecule has 5 N–H and O–H groups in total. The van der Waals surface area contributed by atoms with Gasteiger partial charge in [-0.3, -0.25) is 4.79 Å². The molecule has 1 fully saturated rings. The Labute approximate surface area is 249 Å². The Morgan fingerprint density at radius 3 is 2.28 bits per heavy atom. The number of anilines is 2. The molecule has 5 rings (SSSR count). The molecule has 0 saturated carbocycles. The van der Waals surface area contributed by atoms with Gasteiger partial charge in [-0.05, 0) is 53.4 Å². The van der Waals surface area contributed by atoms with Crippen molar-refractivity contribution in [2.24, 2.45) is 0 Å². The lowest BCUT2D eigenvalue weighted by Gasteiger charge is -2.18. The van der Waals surface area contributed by atoms with E-state index in [4.69, 9.17) is 0 Å². The number of nitrogens with one attached hydrogen (secondary N) is 4. The Morgan fingerprint density at radius 2 is 1.53 bits per heavy atom. The van der Waals surface area contributed by atoms with Crippen LogP contribution < -0.4 is 21.3 Å². The van der Waals surface area contributed by atoms with Gasteiger partial charge in [-0.15, -0.1) is 0 Å².